The molecule has 100 valence electrons. The summed E-state index contributed by atoms with van der Waals surface area (Å²) in [5.41, 5.74) is 0.652. The van der Waals surface area contributed by atoms with E-state index in [1.54, 1.807) is 6.92 Å². The highest BCUT2D eigenvalue weighted by molar-refractivity contribution is 5.87. The summed E-state index contributed by atoms with van der Waals surface area (Å²) in [6, 6.07) is 0. The van der Waals surface area contributed by atoms with Crippen LogP contribution in [0.4, 0.5) is 0 Å². The Labute approximate surface area is 106 Å². The Hall–Kier alpha value is -1.36. The summed E-state index contributed by atoms with van der Waals surface area (Å²) in [5.74, 6) is 0.387. The molecule has 0 aliphatic carbocycles. The number of hydrogen-bond donors (Lipinski definition) is 0. The lowest BCUT2D eigenvalue weighted by Gasteiger charge is -2.02. The van der Waals surface area contributed by atoms with Crippen molar-refractivity contribution in [2.24, 2.45) is 0 Å². The molecule has 1 atom stereocenters. The molecule has 0 bridgehead atoms. The summed E-state index contributed by atoms with van der Waals surface area (Å²) >= 11 is 0. The van der Waals surface area contributed by atoms with Crippen LogP contribution in [0.1, 0.15) is 67.8 Å². The first kappa shape index (κ1) is 13.1. The van der Waals surface area contributed by atoms with Crippen molar-refractivity contribution in [2.45, 2.75) is 45.6 Å². The number of esters is 1. The van der Waals surface area contributed by atoms with E-state index in [1.165, 1.54) is 0 Å². The fourth-order valence-corrected chi connectivity index (χ4v) is 1.99. The highest BCUT2D eigenvalue weighted by Gasteiger charge is 2.29. The minimum absolute atomic E-state index is 0.114. The molecule has 0 radical (unpaired) electrons. The lowest BCUT2D eigenvalue weighted by molar-refractivity contribution is 0.0469. The highest BCUT2D eigenvalue weighted by Crippen LogP contribution is 2.31. The van der Waals surface area contributed by atoms with Gasteiger partial charge in [0.25, 0.3) is 0 Å². The SMILES string of the molecule is CCOC(=O)c1oc(C2CCCO2)nc1C(C)C. The third-order valence-corrected chi connectivity index (χ3v) is 2.88. The van der Waals surface area contributed by atoms with Crippen LogP contribution in [0.5, 0.6) is 0 Å². The summed E-state index contributed by atoms with van der Waals surface area (Å²) in [6.45, 7) is 6.76. The van der Waals surface area contributed by atoms with Gasteiger partial charge in [-0.3, -0.25) is 0 Å². The van der Waals surface area contributed by atoms with Gasteiger partial charge in [0.15, 0.2) is 0 Å². The number of carbonyl (C=O) groups is 1. The zero-order valence-corrected chi connectivity index (χ0v) is 11.1. The average molecular weight is 253 g/mol. The number of nitrogens with zero attached hydrogens (tertiary/aromatic N) is 1. The number of ether oxygens (including phenoxy) is 2. The second kappa shape index (κ2) is 5.52. The molecule has 0 amide bonds. The zero-order chi connectivity index (χ0) is 13.1. The van der Waals surface area contributed by atoms with Crippen molar-refractivity contribution in [3.05, 3.63) is 17.3 Å². The van der Waals surface area contributed by atoms with Gasteiger partial charge in [0.1, 0.15) is 6.10 Å². The summed E-state index contributed by atoms with van der Waals surface area (Å²) in [7, 11) is 0. The molecule has 1 fully saturated rings. The van der Waals surface area contributed by atoms with Gasteiger partial charge >= 0.3 is 5.97 Å². The van der Waals surface area contributed by atoms with E-state index in [2.05, 4.69) is 4.98 Å². The van der Waals surface area contributed by atoms with Crippen LogP contribution in [-0.4, -0.2) is 24.2 Å². The van der Waals surface area contributed by atoms with Crippen LogP contribution in [-0.2, 0) is 9.47 Å². The lowest BCUT2D eigenvalue weighted by atomic mass is 10.1. The Morgan fingerprint density at radius 2 is 2.33 bits per heavy atom. The van der Waals surface area contributed by atoms with Gasteiger partial charge in [0.2, 0.25) is 11.7 Å². The normalized spacial score (nSPS) is 19.4. The van der Waals surface area contributed by atoms with Crippen molar-refractivity contribution in [1.82, 2.24) is 4.98 Å². The van der Waals surface area contributed by atoms with Crippen LogP contribution in [0, 0.1) is 0 Å². The molecule has 1 aliphatic rings. The van der Waals surface area contributed by atoms with E-state index in [9.17, 15) is 4.79 Å². The first-order chi connectivity index (χ1) is 8.63. The maximum atomic E-state index is 11.8. The first-order valence-electron chi connectivity index (χ1n) is 6.42. The number of rotatable bonds is 4. The predicted molar refractivity (Wildman–Crippen MR) is 64.5 cm³/mol. The molecule has 1 aliphatic heterocycles. The molecule has 2 heterocycles. The van der Waals surface area contributed by atoms with Gasteiger partial charge in [-0.1, -0.05) is 13.8 Å². The molecule has 0 N–H and O–H groups in total. The second-order valence-corrected chi connectivity index (χ2v) is 4.64. The molecule has 2 rings (SSSR count). The van der Waals surface area contributed by atoms with Crippen molar-refractivity contribution < 1.29 is 18.7 Å². The van der Waals surface area contributed by atoms with Gasteiger partial charge in [-0.2, -0.15) is 0 Å². The standard InChI is InChI=1S/C13H19NO4/c1-4-16-13(15)11-10(8(2)3)14-12(18-11)9-6-5-7-17-9/h8-9H,4-7H2,1-3H3. The summed E-state index contributed by atoms with van der Waals surface area (Å²) in [6.07, 6.45) is 1.77. The van der Waals surface area contributed by atoms with Crippen LogP contribution < -0.4 is 0 Å². The van der Waals surface area contributed by atoms with E-state index in [-0.39, 0.29) is 17.8 Å². The van der Waals surface area contributed by atoms with Crippen molar-refractivity contribution in [2.75, 3.05) is 13.2 Å². The van der Waals surface area contributed by atoms with Crippen LogP contribution in [0.2, 0.25) is 0 Å². The number of oxazole rings is 1. The van der Waals surface area contributed by atoms with Gasteiger partial charge in [0, 0.05) is 6.61 Å². The van der Waals surface area contributed by atoms with Crippen LogP contribution in [0.3, 0.4) is 0 Å². The Morgan fingerprint density at radius 3 is 2.89 bits per heavy atom. The van der Waals surface area contributed by atoms with Crippen molar-refractivity contribution in [3.63, 3.8) is 0 Å². The van der Waals surface area contributed by atoms with Crippen LogP contribution in [0.25, 0.3) is 0 Å². The number of carbonyl (C=O) groups excluding carboxylic acids is 1. The van der Waals surface area contributed by atoms with E-state index in [4.69, 9.17) is 13.9 Å². The third kappa shape index (κ3) is 2.56. The van der Waals surface area contributed by atoms with Gasteiger partial charge in [-0.15, -0.1) is 0 Å². The molecule has 0 aromatic carbocycles. The van der Waals surface area contributed by atoms with E-state index < -0.39 is 5.97 Å². The van der Waals surface area contributed by atoms with Gasteiger partial charge in [-0.25, -0.2) is 9.78 Å². The maximum Gasteiger partial charge on any atom is 0.376 e. The molecule has 18 heavy (non-hydrogen) atoms. The Morgan fingerprint density at radius 1 is 1.56 bits per heavy atom. The molecule has 0 saturated carbocycles. The molecular formula is C13H19NO4. The smallest absolute Gasteiger partial charge is 0.376 e. The molecule has 1 saturated heterocycles. The molecular weight excluding hydrogens is 234 g/mol. The first-order valence-corrected chi connectivity index (χ1v) is 6.42. The quantitative estimate of drug-likeness (QED) is 0.772. The van der Waals surface area contributed by atoms with Gasteiger partial charge < -0.3 is 13.9 Å². The molecule has 1 aromatic rings. The lowest BCUT2D eigenvalue weighted by Crippen LogP contribution is -2.07. The van der Waals surface area contributed by atoms with Gasteiger partial charge in [0.05, 0.1) is 12.3 Å². The number of hydrogen-bond acceptors (Lipinski definition) is 5. The van der Waals surface area contributed by atoms with Gasteiger partial charge in [-0.05, 0) is 25.7 Å². The third-order valence-electron chi connectivity index (χ3n) is 2.88. The van der Waals surface area contributed by atoms with Crippen molar-refractivity contribution >= 4 is 5.97 Å². The Kier molecular flexibility index (Phi) is 4.01. The van der Waals surface area contributed by atoms with E-state index >= 15 is 0 Å². The summed E-state index contributed by atoms with van der Waals surface area (Å²) in [4.78, 5) is 16.2. The summed E-state index contributed by atoms with van der Waals surface area (Å²) in [5, 5.41) is 0. The number of aromatic nitrogens is 1. The van der Waals surface area contributed by atoms with E-state index in [0.717, 1.165) is 19.4 Å². The molecule has 1 aromatic heterocycles. The predicted octanol–water partition coefficient (Wildman–Crippen LogP) is 2.83. The maximum absolute atomic E-state index is 11.8. The minimum Gasteiger partial charge on any atom is -0.460 e. The molecule has 1 unspecified atom stereocenters. The highest BCUT2D eigenvalue weighted by atomic mass is 16.5. The minimum atomic E-state index is -0.446. The monoisotopic (exact) mass is 253 g/mol. The summed E-state index contributed by atoms with van der Waals surface area (Å²) < 4.78 is 16.1. The van der Waals surface area contributed by atoms with E-state index in [0.29, 0.717) is 18.2 Å². The van der Waals surface area contributed by atoms with Crippen molar-refractivity contribution in [1.29, 1.82) is 0 Å². The molecule has 5 heteroatoms. The topological polar surface area (TPSA) is 61.6 Å². The average Bonchev–Trinajstić information content (AvgIpc) is 2.98. The van der Waals surface area contributed by atoms with Crippen LogP contribution in [0.15, 0.2) is 4.42 Å². The molecule has 5 nitrogen and oxygen atoms in total. The molecule has 0 spiro atoms. The zero-order valence-electron chi connectivity index (χ0n) is 11.1. The van der Waals surface area contributed by atoms with E-state index in [1.807, 2.05) is 13.8 Å². The Bertz CT molecular complexity index is 419. The van der Waals surface area contributed by atoms with Crippen LogP contribution >= 0.6 is 0 Å². The fourth-order valence-electron chi connectivity index (χ4n) is 1.99. The largest absolute Gasteiger partial charge is 0.460 e. The second-order valence-electron chi connectivity index (χ2n) is 4.64. The fraction of sp³-hybridized carbons (Fsp3) is 0.692. The Balaban J connectivity index is 2.28. The van der Waals surface area contributed by atoms with Crippen molar-refractivity contribution in [3.8, 4) is 0 Å².